The van der Waals surface area contributed by atoms with Gasteiger partial charge >= 0.3 is 0 Å². The molecule has 0 spiro atoms. The first-order valence-corrected chi connectivity index (χ1v) is 7.60. The van der Waals surface area contributed by atoms with Crippen molar-refractivity contribution < 1.29 is 14.2 Å². The summed E-state index contributed by atoms with van der Waals surface area (Å²) in [4.78, 5) is 4.68. The van der Waals surface area contributed by atoms with Crippen molar-refractivity contribution in [2.45, 2.75) is 13.2 Å². The Morgan fingerprint density at radius 3 is 2.29 bits per heavy atom. The molecule has 1 aromatic heterocycles. The van der Waals surface area contributed by atoms with E-state index in [1.807, 2.05) is 36.4 Å². The molecule has 2 aromatic carbocycles. The van der Waals surface area contributed by atoms with Crippen molar-refractivity contribution >= 4 is 16.7 Å². The number of hydrogen-bond acceptors (Lipinski definition) is 5. The maximum absolute atomic E-state index is 5.77. The van der Waals surface area contributed by atoms with Gasteiger partial charge in [0, 0.05) is 31.5 Å². The highest BCUT2D eigenvalue weighted by molar-refractivity contribution is 5.80. The van der Waals surface area contributed by atoms with Gasteiger partial charge in [-0.1, -0.05) is 12.1 Å². The van der Waals surface area contributed by atoms with E-state index in [2.05, 4.69) is 9.55 Å². The van der Waals surface area contributed by atoms with E-state index in [9.17, 15) is 0 Å². The molecule has 0 atom stereocenters. The topological polar surface area (TPSA) is 71.5 Å². The van der Waals surface area contributed by atoms with Crippen LogP contribution in [0.1, 0.15) is 11.4 Å². The molecule has 126 valence electrons. The van der Waals surface area contributed by atoms with Crippen molar-refractivity contribution in [3.8, 4) is 11.5 Å². The molecule has 0 aliphatic carbocycles. The normalized spacial score (nSPS) is 11.0. The first kappa shape index (κ1) is 16.1. The summed E-state index contributed by atoms with van der Waals surface area (Å²) in [6.45, 7) is 1.10. The number of benzene rings is 2. The number of ether oxygens (including phenoxy) is 3. The van der Waals surface area contributed by atoms with Crippen molar-refractivity contribution in [2.24, 2.45) is 0 Å². The van der Waals surface area contributed by atoms with E-state index in [4.69, 9.17) is 19.9 Å². The highest BCUT2D eigenvalue weighted by Crippen LogP contribution is 2.33. The Balaban J connectivity index is 2.11. The maximum atomic E-state index is 5.77. The molecular formula is C18H21N3O3. The summed E-state index contributed by atoms with van der Waals surface area (Å²) < 4.78 is 18.2. The van der Waals surface area contributed by atoms with Crippen molar-refractivity contribution in [1.29, 1.82) is 0 Å². The molecule has 3 aromatic rings. The van der Waals surface area contributed by atoms with Crippen molar-refractivity contribution in [3.63, 3.8) is 0 Å². The van der Waals surface area contributed by atoms with E-state index in [0.29, 0.717) is 24.7 Å². The molecular weight excluding hydrogens is 306 g/mol. The minimum absolute atomic E-state index is 0.425. The number of anilines is 1. The zero-order valence-electron chi connectivity index (χ0n) is 14.1. The molecule has 0 unspecified atom stereocenters. The van der Waals surface area contributed by atoms with Crippen LogP contribution in [-0.2, 0) is 17.9 Å². The third kappa shape index (κ3) is 3.00. The molecule has 0 bridgehead atoms. The van der Waals surface area contributed by atoms with Gasteiger partial charge in [0.25, 0.3) is 0 Å². The smallest absolute Gasteiger partial charge is 0.163 e. The van der Waals surface area contributed by atoms with Gasteiger partial charge in [-0.05, 0) is 17.7 Å². The number of aromatic nitrogens is 2. The summed E-state index contributed by atoms with van der Waals surface area (Å²) in [5, 5.41) is 0. The molecule has 0 saturated carbocycles. The van der Waals surface area contributed by atoms with E-state index in [0.717, 1.165) is 28.1 Å². The van der Waals surface area contributed by atoms with Gasteiger partial charge < -0.3 is 24.5 Å². The Morgan fingerprint density at radius 1 is 1.00 bits per heavy atom. The Morgan fingerprint density at radius 2 is 1.67 bits per heavy atom. The Kier molecular flexibility index (Phi) is 4.57. The fourth-order valence-electron chi connectivity index (χ4n) is 2.72. The Bertz CT molecular complexity index is 841. The number of fused-ring (bicyclic) bond motifs is 1. The van der Waals surface area contributed by atoms with Gasteiger partial charge in [0.05, 0.1) is 25.3 Å². The minimum atomic E-state index is 0.425. The average molecular weight is 327 g/mol. The predicted octanol–water partition coefficient (Wildman–Crippen LogP) is 2.83. The van der Waals surface area contributed by atoms with Gasteiger partial charge in [0.2, 0.25) is 0 Å². The van der Waals surface area contributed by atoms with Crippen molar-refractivity contribution in [1.82, 2.24) is 9.55 Å². The van der Waals surface area contributed by atoms with Gasteiger partial charge in [-0.25, -0.2) is 4.98 Å². The van der Waals surface area contributed by atoms with Crippen LogP contribution in [0.2, 0.25) is 0 Å². The summed E-state index contributed by atoms with van der Waals surface area (Å²) in [6, 6.07) is 11.6. The zero-order valence-corrected chi connectivity index (χ0v) is 14.1. The van der Waals surface area contributed by atoms with E-state index < -0.39 is 0 Å². The monoisotopic (exact) mass is 327 g/mol. The van der Waals surface area contributed by atoms with E-state index in [1.54, 1.807) is 21.3 Å². The molecule has 6 nitrogen and oxygen atoms in total. The van der Waals surface area contributed by atoms with Crippen LogP contribution in [0, 0.1) is 0 Å². The molecule has 0 amide bonds. The van der Waals surface area contributed by atoms with Crippen LogP contribution in [0.5, 0.6) is 11.5 Å². The van der Waals surface area contributed by atoms with Gasteiger partial charge in [-0.3, -0.25) is 0 Å². The lowest BCUT2D eigenvalue weighted by atomic mass is 10.2. The highest BCUT2D eigenvalue weighted by Gasteiger charge is 2.15. The number of nitrogen functional groups attached to an aromatic ring is 1. The number of methoxy groups -OCH3 is 3. The number of nitrogens with two attached hydrogens (primary N) is 1. The van der Waals surface area contributed by atoms with Crippen LogP contribution in [0.25, 0.3) is 11.0 Å². The maximum Gasteiger partial charge on any atom is 0.163 e. The van der Waals surface area contributed by atoms with Crippen molar-refractivity contribution in [3.05, 3.63) is 47.8 Å². The molecule has 3 rings (SSSR count). The summed E-state index contributed by atoms with van der Waals surface area (Å²) >= 11 is 0. The summed E-state index contributed by atoms with van der Waals surface area (Å²) in [5.41, 5.74) is 9.46. The third-order valence-electron chi connectivity index (χ3n) is 3.93. The van der Waals surface area contributed by atoms with Gasteiger partial charge in [0.15, 0.2) is 11.5 Å². The lowest BCUT2D eigenvalue weighted by Crippen LogP contribution is -2.06. The second kappa shape index (κ2) is 6.80. The predicted molar refractivity (Wildman–Crippen MR) is 93.5 cm³/mol. The summed E-state index contributed by atoms with van der Waals surface area (Å²) in [7, 11) is 4.90. The van der Waals surface area contributed by atoms with Crippen LogP contribution < -0.4 is 15.2 Å². The quantitative estimate of drug-likeness (QED) is 0.705. The molecule has 1 heterocycles. The number of rotatable bonds is 6. The third-order valence-corrected chi connectivity index (χ3v) is 3.93. The Labute approximate surface area is 140 Å². The van der Waals surface area contributed by atoms with Crippen LogP contribution in [0.4, 0.5) is 5.69 Å². The van der Waals surface area contributed by atoms with Crippen LogP contribution in [-0.4, -0.2) is 30.9 Å². The van der Waals surface area contributed by atoms with Crippen LogP contribution in [0.3, 0.4) is 0 Å². The molecule has 0 aliphatic heterocycles. The summed E-state index contributed by atoms with van der Waals surface area (Å²) in [5.74, 6) is 2.18. The molecule has 6 heteroatoms. The van der Waals surface area contributed by atoms with Gasteiger partial charge in [-0.15, -0.1) is 0 Å². The molecule has 0 saturated heterocycles. The van der Waals surface area contributed by atoms with Crippen LogP contribution >= 0.6 is 0 Å². The first-order valence-electron chi connectivity index (χ1n) is 7.60. The lowest BCUT2D eigenvalue weighted by molar-refractivity contribution is 0.175. The molecule has 2 N–H and O–H groups in total. The number of hydrogen-bond donors (Lipinski definition) is 1. The largest absolute Gasteiger partial charge is 0.493 e. The second-order valence-corrected chi connectivity index (χ2v) is 5.48. The zero-order chi connectivity index (χ0) is 17.1. The molecule has 0 fully saturated rings. The molecule has 0 radical (unpaired) electrons. The second-order valence-electron chi connectivity index (χ2n) is 5.48. The average Bonchev–Trinajstić information content (AvgIpc) is 2.92. The van der Waals surface area contributed by atoms with Gasteiger partial charge in [0.1, 0.15) is 12.4 Å². The van der Waals surface area contributed by atoms with Crippen molar-refractivity contribution in [2.75, 3.05) is 27.1 Å². The van der Waals surface area contributed by atoms with Crippen LogP contribution in [0.15, 0.2) is 36.4 Å². The number of imidazole rings is 1. The lowest BCUT2D eigenvalue weighted by Gasteiger charge is -2.11. The fraction of sp³-hybridized carbons (Fsp3) is 0.278. The molecule has 0 aliphatic rings. The standard InChI is InChI=1S/C18H21N3O3/c1-22-11-18-20-14-8-16(23-2)17(24-3)9-15(14)21(18)10-12-4-6-13(19)7-5-12/h4-9H,10-11,19H2,1-3H3. The van der Waals surface area contributed by atoms with E-state index >= 15 is 0 Å². The highest BCUT2D eigenvalue weighted by atomic mass is 16.5. The molecule has 24 heavy (non-hydrogen) atoms. The summed E-state index contributed by atoms with van der Waals surface area (Å²) in [6.07, 6.45) is 0. The van der Waals surface area contributed by atoms with E-state index in [1.165, 1.54) is 0 Å². The fourth-order valence-corrected chi connectivity index (χ4v) is 2.72. The first-order chi connectivity index (χ1) is 11.7. The SMILES string of the molecule is COCc1nc2cc(OC)c(OC)cc2n1Cc1ccc(N)cc1. The van der Waals surface area contributed by atoms with E-state index in [-0.39, 0.29) is 0 Å². The number of nitrogens with zero attached hydrogens (tertiary/aromatic N) is 2. The minimum Gasteiger partial charge on any atom is -0.493 e. The Hall–Kier alpha value is -2.73. The van der Waals surface area contributed by atoms with Gasteiger partial charge in [-0.2, -0.15) is 0 Å².